The summed E-state index contributed by atoms with van der Waals surface area (Å²) in [5.41, 5.74) is 3.39. The first-order valence-corrected chi connectivity index (χ1v) is 11.3. The summed E-state index contributed by atoms with van der Waals surface area (Å²) in [6.45, 7) is 2.16. The largest absolute Gasteiger partial charge is 0.337 e. The van der Waals surface area contributed by atoms with Crippen molar-refractivity contribution >= 4 is 16.8 Å². The lowest BCUT2D eigenvalue weighted by Crippen LogP contribution is -2.63. The summed E-state index contributed by atoms with van der Waals surface area (Å²) in [6.07, 6.45) is 8.06. The molecule has 2 aromatic rings. The molecule has 5 fully saturated rings. The Labute approximate surface area is 172 Å². The van der Waals surface area contributed by atoms with Gasteiger partial charge in [-0.3, -0.25) is 9.89 Å². The first-order chi connectivity index (χ1) is 14.1. The summed E-state index contributed by atoms with van der Waals surface area (Å²) < 4.78 is 0. The van der Waals surface area contributed by atoms with Crippen LogP contribution in [0.2, 0.25) is 0 Å². The van der Waals surface area contributed by atoms with Gasteiger partial charge in [-0.2, -0.15) is 10.4 Å². The van der Waals surface area contributed by atoms with E-state index in [0.717, 1.165) is 43.3 Å². The highest BCUT2D eigenvalue weighted by Crippen LogP contribution is 2.56. The summed E-state index contributed by atoms with van der Waals surface area (Å²) in [5.74, 6) is 1.69. The van der Waals surface area contributed by atoms with Gasteiger partial charge in [0.25, 0.3) is 0 Å². The number of nitrogens with zero attached hydrogens (tertiary/aromatic N) is 3. The molecule has 3 unspecified atom stereocenters. The summed E-state index contributed by atoms with van der Waals surface area (Å²) in [6, 6.07) is 9.58. The summed E-state index contributed by atoms with van der Waals surface area (Å²) >= 11 is 0. The van der Waals surface area contributed by atoms with Crippen LogP contribution in [0.4, 0.5) is 0 Å². The lowest BCUT2D eigenvalue weighted by molar-refractivity contribution is -0.153. The Hall–Kier alpha value is -2.35. The molecule has 3 saturated carbocycles. The molecule has 2 saturated heterocycles. The van der Waals surface area contributed by atoms with Gasteiger partial charge in [-0.15, -0.1) is 0 Å². The Morgan fingerprint density at radius 1 is 1.34 bits per heavy atom. The van der Waals surface area contributed by atoms with Gasteiger partial charge in [0.05, 0.1) is 17.0 Å². The van der Waals surface area contributed by atoms with E-state index in [9.17, 15) is 10.1 Å². The van der Waals surface area contributed by atoms with E-state index in [2.05, 4.69) is 46.3 Å². The van der Waals surface area contributed by atoms with Crippen LogP contribution in [-0.2, 0) is 4.79 Å². The van der Waals surface area contributed by atoms with Gasteiger partial charge < -0.3 is 4.90 Å². The molecule has 5 nitrogen and oxygen atoms in total. The maximum atomic E-state index is 13.4. The Kier molecular flexibility index (Phi) is 3.67. The topological polar surface area (TPSA) is 72.8 Å². The van der Waals surface area contributed by atoms with Crippen LogP contribution in [-0.4, -0.2) is 33.1 Å². The zero-order valence-electron chi connectivity index (χ0n) is 17.0. The molecule has 5 aliphatic rings. The maximum absolute atomic E-state index is 13.4. The summed E-state index contributed by atoms with van der Waals surface area (Å²) in [7, 11) is 0. The van der Waals surface area contributed by atoms with E-state index >= 15 is 0 Å². The predicted octanol–water partition coefficient (Wildman–Crippen LogP) is 4.86. The van der Waals surface area contributed by atoms with Crippen molar-refractivity contribution in [2.24, 2.45) is 11.3 Å². The average Bonchev–Trinajstić information content (AvgIpc) is 3.45. The number of rotatable bonds is 4. The van der Waals surface area contributed by atoms with E-state index < -0.39 is 0 Å². The van der Waals surface area contributed by atoms with Gasteiger partial charge in [0, 0.05) is 36.9 Å². The zero-order chi connectivity index (χ0) is 19.8. The number of nitriles is 1. The number of nitrogens with one attached hydrogen (secondary N) is 1. The highest BCUT2D eigenvalue weighted by atomic mass is 16.2. The molecule has 5 heteroatoms. The molecule has 29 heavy (non-hydrogen) atoms. The van der Waals surface area contributed by atoms with Crippen molar-refractivity contribution in [3.63, 3.8) is 0 Å². The zero-order valence-corrected chi connectivity index (χ0v) is 17.0. The molecule has 1 aromatic heterocycles. The number of amides is 1. The highest BCUT2D eigenvalue weighted by molar-refractivity contribution is 5.87. The molecule has 1 amide bonds. The van der Waals surface area contributed by atoms with Crippen LogP contribution < -0.4 is 0 Å². The van der Waals surface area contributed by atoms with E-state index in [0.29, 0.717) is 18.3 Å². The number of H-pyrrole nitrogens is 1. The van der Waals surface area contributed by atoms with Crippen molar-refractivity contribution < 1.29 is 6.22 Å². The van der Waals surface area contributed by atoms with Crippen molar-refractivity contribution in [2.75, 3.05) is 0 Å². The number of hydrogen-bond donors (Lipinski definition) is 1. The fourth-order valence-electron chi connectivity index (χ4n) is 6.85. The third-order valence-electron chi connectivity index (χ3n) is 8.09. The van der Waals surface area contributed by atoms with Crippen molar-refractivity contribution in [1.29, 1.82) is 5.26 Å². The number of carbonyl (C=O) groups is 1. The number of aromatic nitrogens is 2. The minimum absolute atomic E-state index is 0. The lowest BCUT2D eigenvalue weighted by Gasteiger charge is -2.59. The van der Waals surface area contributed by atoms with E-state index in [1.807, 2.05) is 0 Å². The van der Waals surface area contributed by atoms with Crippen LogP contribution in [0.1, 0.15) is 82.8 Å². The van der Waals surface area contributed by atoms with Crippen LogP contribution in [0.25, 0.3) is 10.9 Å². The van der Waals surface area contributed by atoms with Gasteiger partial charge in [0.15, 0.2) is 0 Å². The van der Waals surface area contributed by atoms with Crippen LogP contribution >= 0.6 is 0 Å². The van der Waals surface area contributed by atoms with Crippen molar-refractivity contribution in [3.8, 4) is 6.07 Å². The second-order valence-corrected chi connectivity index (χ2v) is 10.2. The van der Waals surface area contributed by atoms with E-state index in [1.165, 1.54) is 23.8 Å². The fourth-order valence-corrected chi connectivity index (χ4v) is 6.85. The molecule has 2 aliphatic heterocycles. The number of aromatic amines is 1. The Morgan fingerprint density at radius 2 is 2.10 bits per heavy atom. The molecule has 3 heterocycles. The van der Waals surface area contributed by atoms with Gasteiger partial charge in [-0.25, -0.2) is 0 Å². The van der Waals surface area contributed by atoms with Gasteiger partial charge in [0.1, 0.15) is 0 Å². The summed E-state index contributed by atoms with van der Waals surface area (Å²) in [4.78, 5) is 15.6. The molecule has 0 radical (unpaired) electrons. The molecule has 1 N–H and O–H groups in total. The van der Waals surface area contributed by atoms with Crippen molar-refractivity contribution in [3.05, 3.63) is 29.5 Å². The van der Waals surface area contributed by atoms with Gasteiger partial charge in [-0.05, 0) is 68.4 Å². The maximum Gasteiger partial charge on any atom is 0.223 e. The molecule has 0 spiro atoms. The Balaban J connectivity index is 0.00000193. The molecule has 3 aliphatic carbocycles. The number of fused-ring (bicyclic) bond motifs is 1. The fraction of sp³-hybridized carbons (Fsp3) is 0.625. The van der Waals surface area contributed by atoms with Crippen molar-refractivity contribution in [1.82, 2.24) is 15.1 Å². The molecule has 1 aromatic carbocycles. The Bertz CT molecular complexity index is 1020. The molecule has 4 bridgehead atoms. The Morgan fingerprint density at radius 3 is 2.79 bits per heavy atom. The predicted molar refractivity (Wildman–Crippen MR) is 112 cm³/mol. The number of piperidine rings is 2. The van der Waals surface area contributed by atoms with Crippen LogP contribution in [0, 0.1) is 22.7 Å². The molecular weight excluding hydrogens is 360 g/mol. The average molecular weight is 391 g/mol. The van der Waals surface area contributed by atoms with E-state index in [1.54, 1.807) is 0 Å². The van der Waals surface area contributed by atoms with Crippen LogP contribution in [0.3, 0.4) is 0 Å². The number of hydrogen-bond acceptors (Lipinski definition) is 3. The lowest BCUT2D eigenvalue weighted by atomic mass is 9.56. The minimum atomic E-state index is -0.155. The van der Waals surface area contributed by atoms with Crippen LogP contribution in [0.15, 0.2) is 18.2 Å². The van der Waals surface area contributed by atoms with E-state index in [4.69, 9.17) is 0 Å². The number of carbonyl (C=O) groups excluding carboxylic acids is 1. The van der Waals surface area contributed by atoms with Crippen molar-refractivity contribution in [2.45, 2.75) is 82.2 Å². The molecular formula is C24H30N4O. The van der Waals surface area contributed by atoms with Crippen LogP contribution in [0.5, 0.6) is 0 Å². The first-order valence-electron chi connectivity index (χ1n) is 11.3. The van der Waals surface area contributed by atoms with Gasteiger partial charge in [0.2, 0.25) is 5.91 Å². The molecule has 152 valence electrons. The second kappa shape index (κ2) is 6.08. The van der Waals surface area contributed by atoms with Gasteiger partial charge >= 0.3 is 0 Å². The smallest absolute Gasteiger partial charge is 0.223 e. The quantitative estimate of drug-likeness (QED) is 0.810. The molecule has 3 atom stereocenters. The third-order valence-corrected chi connectivity index (χ3v) is 8.09. The molecule has 7 rings (SSSR count). The summed E-state index contributed by atoms with van der Waals surface area (Å²) in [5, 5.41) is 18.8. The monoisotopic (exact) mass is 390 g/mol. The SMILES string of the molecule is CC(CC(=O)N1C2CC3CC1CC(C#N)(C3)C2)c1[nH]nc2cccc(C3CC3)c12.[HH]. The normalized spacial score (nSPS) is 33.8. The van der Waals surface area contributed by atoms with E-state index in [-0.39, 0.29) is 30.8 Å². The third kappa shape index (κ3) is 2.64. The second-order valence-electron chi connectivity index (χ2n) is 10.2. The number of benzene rings is 1. The van der Waals surface area contributed by atoms with Gasteiger partial charge in [-0.1, -0.05) is 19.1 Å². The first kappa shape index (κ1) is 17.5. The highest BCUT2D eigenvalue weighted by Gasteiger charge is 2.56. The standard InChI is InChI=1S/C24H28N4O.H2/c1-14(23-22-19(16-5-6-16)3-2-4-20(22)26-27-23)7-21(29)28-17-8-15-9-18(28)12-24(10-15,11-17)13-25;/h2-4,14-18H,5-12H2,1H3,(H,26,27);1H. The minimum Gasteiger partial charge on any atom is -0.337 e.